The van der Waals surface area contributed by atoms with E-state index in [2.05, 4.69) is 30.9 Å². The number of rotatable bonds is 7. The summed E-state index contributed by atoms with van der Waals surface area (Å²) in [7, 11) is 0. The van der Waals surface area contributed by atoms with Crippen molar-refractivity contribution in [2.75, 3.05) is 26.2 Å². The lowest BCUT2D eigenvalue weighted by Gasteiger charge is -2.59. The largest absolute Gasteiger partial charge is 0.472 e. The van der Waals surface area contributed by atoms with Crippen LogP contribution in [-0.4, -0.2) is 42.4 Å². The van der Waals surface area contributed by atoms with Gasteiger partial charge >= 0.3 is 0 Å². The Morgan fingerprint density at radius 2 is 1.91 bits per heavy atom. The van der Waals surface area contributed by atoms with Crippen molar-refractivity contribution < 1.29 is 14.3 Å². The highest BCUT2D eigenvalue weighted by atomic mass is 16.5. The van der Waals surface area contributed by atoms with Crippen LogP contribution in [0.1, 0.15) is 96.5 Å². The molecule has 2 unspecified atom stereocenters. The van der Waals surface area contributed by atoms with Crippen LogP contribution in [0.2, 0.25) is 0 Å². The first-order valence-corrected chi connectivity index (χ1v) is 14.7. The number of likely N-dealkylation sites (tertiary alicyclic amines) is 1. The standard InChI is InChI=1S/C31H47NO3/c1-29-14-4-3-7-23(29)8-9-26-27(29)10-15-30(2)28(26)11-16-31(30,24-13-20-34-21-24)35-22-25(33)12-19-32-17-5-6-18-32/h8,13,20-21,25-28,33H,3-7,9-12,14-19,22H2,1-2H3/t25?,26-,27-,28+,29+,30+,31?/m1/s1. The smallest absolute Gasteiger partial charge is 0.102 e. The lowest BCUT2D eigenvalue weighted by molar-refractivity contribution is -0.176. The molecule has 0 radical (unpaired) electrons. The van der Waals surface area contributed by atoms with Crippen LogP contribution >= 0.6 is 0 Å². The summed E-state index contributed by atoms with van der Waals surface area (Å²) in [4.78, 5) is 2.49. The van der Waals surface area contributed by atoms with E-state index in [0.29, 0.717) is 17.9 Å². The zero-order chi connectivity index (χ0) is 24.1. The second kappa shape index (κ2) is 9.33. The summed E-state index contributed by atoms with van der Waals surface area (Å²) >= 11 is 0. The van der Waals surface area contributed by atoms with E-state index < -0.39 is 6.10 Å². The highest BCUT2D eigenvalue weighted by Crippen LogP contribution is 2.70. The molecular weight excluding hydrogens is 434 g/mol. The van der Waals surface area contributed by atoms with Crippen molar-refractivity contribution in [1.29, 1.82) is 0 Å². The summed E-state index contributed by atoms with van der Waals surface area (Å²) in [6.07, 6.45) is 21.0. The molecule has 1 N–H and O–H groups in total. The average molecular weight is 482 g/mol. The summed E-state index contributed by atoms with van der Waals surface area (Å²) in [6.45, 7) is 8.90. The van der Waals surface area contributed by atoms with Crippen LogP contribution in [0.25, 0.3) is 0 Å². The fraction of sp³-hybridized carbons (Fsp3) is 0.806. The molecular formula is C31H47NO3. The fourth-order valence-electron chi connectivity index (χ4n) is 9.64. The van der Waals surface area contributed by atoms with Crippen molar-refractivity contribution in [3.8, 4) is 0 Å². The van der Waals surface area contributed by atoms with E-state index >= 15 is 0 Å². The Morgan fingerprint density at radius 1 is 1.09 bits per heavy atom. The molecule has 1 aromatic heterocycles. The second-order valence-electron chi connectivity index (χ2n) is 13.1. The Balaban J connectivity index is 1.23. The number of nitrogens with zero attached hydrogens (tertiary/aromatic N) is 1. The maximum atomic E-state index is 10.9. The number of aliphatic hydroxyl groups excluding tert-OH is 1. The molecule has 0 amide bonds. The molecule has 4 nitrogen and oxygen atoms in total. The van der Waals surface area contributed by atoms with Gasteiger partial charge in [-0.25, -0.2) is 0 Å². The summed E-state index contributed by atoms with van der Waals surface area (Å²) in [5.74, 6) is 2.26. The van der Waals surface area contributed by atoms with Gasteiger partial charge in [0.15, 0.2) is 0 Å². The number of furan rings is 1. The summed E-state index contributed by atoms with van der Waals surface area (Å²) in [5, 5.41) is 10.9. The molecule has 2 heterocycles. The summed E-state index contributed by atoms with van der Waals surface area (Å²) in [6, 6.07) is 2.14. The molecule has 5 aliphatic rings. The highest BCUT2D eigenvalue weighted by Gasteiger charge is 2.65. The van der Waals surface area contributed by atoms with Gasteiger partial charge in [-0.15, -0.1) is 0 Å². The number of aliphatic hydroxyl groups is 1. The van der Waals surface area contributed by atoms with E-state index in [-0.39, 0.29) is 11.0 Å². The zero-order valence-corrected chi connectivity index (χ0v) is 22.1. The van der Waals surface area contributed by atoms with Crippen molar-refractivity contribution in [3.05, 3.63) is 35.8 Å². The first kappa shape index (κ1) is 24.2. The van der Waals surface area contributed by atoms with Crippen molar-refractivity contribution in [2.24, 2.45) is 28.6 Å². The second-order valence-corrected chi connectivity index (χ2v) is 13.1. The molecule has 7 atom stereocenters. The van der Waals surface area contributed by atoms with Crippen LogP contribution in [0.15, 0.2) is 34.7 Å². The van der Waals surface area contributed by atoms with Gasteiger partial charge in [0.05, 0.1) is 25.2 Å². The molecule has 194 valence electrons. The Hall–Kier alpha value is -1.10. The van der Waals surface area contributed by atoms with E-state index in [1.54, 1.807) is 5.57 Å². The molecule has 0 bridgehead atoms. The molecule has 1 saturated heterocycles. The molecule has 0 spiro atoms. The van der Waals surface area contributed by atoms with E-state index in [9.17, 15) is 5.11 Å². The number of hydrogen-bond acceptors (Lipinski definition) is 4. The van der Waals surface area contributed by atoms with Gasteiger partial charge in [0, 0.05) is 17.5 Å². The van der Waals surface area contributed by atoms with E-state index in [4.69, 9.17) is 9.15 Å². The third kappa shape index (κ3) is 3.89. The molecule has 0 aromatic carbocycles. The Morgan fingerprint density at radius 3 is 2.71 bits per heavy atom. The lowest BCUT2D eigenvalue weighted by atomic mass is 9.47. The lowest BCUT2D eigenvalue weighted by Crippen LogP contribution is -2.54. The Bertz CT molecular complexity index is 904. The van der Waals surface area contributed by atoms with Gasteiger partial charge in [-0.05, 0) is 113 Å². The quantitative estimate of drug-likeness (QED) is 0.441. The van der Waals surface area contributed by atoms with Gasteiger partial charge < -0.3 is 19.2 Å². The van der Waals surface area contributed by atoms with Crippen LogP contribution < -0.4 is 0 Å². The normalized spacial score (nSPS) is 42.3. The highest BCUT2D eigenvalue weighted by molar-refractivity contribution is 5.29. The number of ether oxygens (including phenoxy) is 1. The van der Waals surface area contributed by atoms with Gasteiger partial charge in [0.1, 0.15) is 5.60 Å². The fourth-order valence-corrected chi connectivity index (χ4v) is 9.64. The number of allylic oxidation sites excluding steroid dienone is 2. The summed E-state index contributed by atoms with van der Waals surface area (Å²) < 4.78 is 12.6. The van der Waals surface area contributed by atoms with E-state index in [1.165, 1.54) is 82.9 Å². The predicted octanol–water partition coefficient (Wildman–Crippen LogP) is 6.69. The molecule has 35 heavy (non-hydrogen) atoms. The first-order valence-electron chi connectivity index (χ1n) is 14.7. The maximum absolute atomic E-state index is 10.9. The van der Waals surface area contributed by atoms with E-state index in [0.717, 1.165) is 31.2 Å². The van der Waals surface area contributed by atoms with Gasteiger partial charge in [0.2, 0.25) is 0 Å². The monoisotopic (exact) mass is 481 g/mol. The maximum Gasteiger partial charge on any atom is 0.102 e. The third-order valence-corrected chi connectivity index (χ3v) is 11.6. The van der Waals surface area contributed by atoms with Crippen molar-refractivity contribution >= 4 is 0 Å². The molecule has 4 heteroatoms. The first-order chi connectivity index (χ1) is 17.0. The van der Waals surface area contributed by atoms with Crippen molar-refractivity contribution in [3.63, 3.8) is 0 Å². The Labute approximate surface area is 212 Å². The van der Waals surface area contributed by atoms with Gasteiger partial charge in [0.25, 0.3) is 0 Å². The van der Waals surface area contributed by atoms with Gasteiger partial charge in [-0.3, -0.25) is 0 Å². The number of hydrogen-bond donors (Lipinski definition) is 1. The van der Waals surface area contributed by atoms with Crippen LogP contribution in [0, 0.1) is 28.6 Å². The predicted molar refractivity (Wildman–Crippen MR) is 139 cm³/mol. The molecule has 1 aliphatic heterocycles. The zero-order valence-electron chi connectivity index (χ0n) is 22.1. The molecule has 1 aromatic rings. The van der Waals surface area contributed by atoms with Crippen LogP contribution in [0.4, 0.5) is 0 Å². The Kier molecular flexibility index (Phi) is 6.46. The topological polar surface area (TPSA) is 45.8 Å². The molecule has 4 fully saturated rings. The van der Waals surface area contributed by atoms with Crippen molar-refractivity contribution in [1.82, 2.24) is 4.90 Å². The minimum atomic E-state index is -0.403. The van der Waals surface area contributed by atoms with Crippen LogP contribution in [-0.2, 0) is 10.3 Å². The molecule has 3 saturated carbocycles. The number of fused-ring (bicyclic) bond motifs is 5. The summed E-state index contributed by atoms with van der Waals surface area (Å²) in [5.41, 5.74) is 3.15. The minimum absolute atomic E-state index is 0.0864. The molecule has 6 rings (SSSR count). The van der Waals surface area contributed by atoms with Crippen molar-refractivity contribution in [2.45, 2.75) is 103 Å². The SMILES string of the molecule is C[C@]12CCCCC1=CC[C@@H]1[C@H]2CC[C@@]2(C)[C@H]1CCC2(OCC(O)CCN1CCCC1)c1ccoc1. The van der Waals surface area contributed by atoms with E-state index in [1.807, 2.05) is 12.5 Å². The average Bonchev–Trinajstić information content (AvgIpc) is 3.62. The van der Waals surface area contributed by atoms with Gasteiger partial charge in [-0.1, -0.05) is 31.9 Å². The van der Waals surface area contributed by atoms with Crippen LogP contribution in [0.5, 0.6) is 0 Å². The van der Waals surface area contributed by atoms with Crippen LogP contribution in [0.3, 0.4) is 0 Å². The third-order valence-electron chi connectivity index (χ3n) is 11.6. The minimum Gasteiger partial charge on any atom is -0.472 e. The van der Waals surface area contributed by atoms with Gasteiger partial charge in [-0.2, -0.15) is 0 Å². The molecule has 4 aliphatic carbocycles.